The van der Waals surface area contributed by atoms with E-state index in [-0.39, 0.29) is 11.5 Å². The Morgan fingerprint density at radius 1 is 1.37 bits per heavy atom. The largest absolute Gasteiger partial charge is 0.393 e. The van der Waals surface area contributed by atoms with Crippen LogP contribution in [0.2, 0.25) is 0 Å². The molecule has 1 aromatic carbocycles. The standard InChI is InChI=1S/C14H16N2O3/c1-9(17)6-7-15-14(19)12-8-16-13(18)11-5-3-2-4-10(11)12/h2-5,8-9,17H,6-7H2,1H3,(H,15,19)(H,16,18)/t9-/m1/s1. The van der Waals surface area contributed by atoms with E-state index in [0.29, 0.717) is 29.3 Å². The summed E-state index contributed by atoms with van der Waals surface area (Å²) in [5.41, 5.74) is 0.219. The fourth-order valence-electron chi connectivity index (χ4n) is 1.89. The van der Waals surface area contributed by atoms with Gasteiger partial charge in [0.05, 0.1) is 11.7 Å². The van der Waals surface area contributed by atoms with Crippen molar-refractivity contribution in [3.8, 4) is 0 Å². The normalized spacial score (nSPS) is 12.3. The first-order valence-corrected chi connectivity index (χ1v) is 6.16. The molecule has 0 fully saturated rings. The van der Waals surface area contributed by atoms with E-state index in [2.05, 4.69) is 10.3 Å². The number of rotatable bonds is 4. The third-order valence-corrected chi connectivity index (χ3v) is 2.90. The first-order chi connectivity index (χ1) is 9.09. The van der Waals surface area contributed by atoms with Crippen LogP contribution < -0.4 is 10.9 Å². The highest BCUT2D eigenvalue weighted by Crippen LogP contribution is 2.13. The molecular formula is C14H16N2O3. The van der Waals surface area contributed by atoms with Crippen molar-refractivity contribution >= 4 is 16.7 Å². The van der Waals surface area contributed by atoms with Crippen molar-refractivity contribution in [3.05, 3.63) is 46.4 Å². The Morgan fingerprint density at radius 3 is 2.74 bits per heavy atom. The van der Waals surface area contributed by atoms with Crippen molar-refractivity contribution in [2.75, 3.05) is 6.54 Å². The van der Waals surface area contributed by atoms with Crippen LogP contribution >= 0.6 is 0 Å². The van der Waals surface area contributed by atoms with Gasteiger partial charge in [0, 0.05) is 23.5 Å². The van der Waals surface area contributed by atoms with E-state index >= 15 is 0 Å². The second-order valence-corrected chi connectivity index (χ2v) is 4.47. The van der Waals surface area contributed by atoms with Crippen LogP contribution in [0.25, 0.3) is 10.8 Å². The molecule has 0 saturated carbocycles. The number of aromatic amines is 1. The molecule has 1 amide bonds. The van der Waals surface area contributed by atoms with Crippen LogP contribution in [0, 0.1) is 0 Å². The Balaban J connectivity index is 2.28. The maximum absolute atomic E-state index is 12.0. The average molecular weight is 260 g/mol. The summed E-state index contributed by atoms with van der Waals surface area (Å²) in [5, 5.41) is 13.0. The summed E-state index contributed by atoms with van der Waals surface area (Å²) in [6.07, 6.45) is 1.46. The summed E-state index contributed by atoms with van der Waals surface area (Å²) >= 11 is 0. The molecule has 0 radical (unpaired) electrons. The molecule has 0 aliphatic heterocycles. The van der Waals surface area contributed by atoms with Crippen LogP contribution in [0.3, 0.4) is 0 Å². The number of carbonyl (C=O) groups excluding carboxylic acids is 1. The van der Waals surface area contributed by atoms with Crippen LogP contribution in [-0.4, -0.2) is 28.6 Å². The number of pyridine rings is 1. The number of hydrogen-bond acceptors (Lipinski definition) is 3. The highest BCUT2D eigenvalue weighted by atomic mass is 16.3. The Labute approximate surface area is 110 Å². The summed E-state index contributed by atoms with van der Waals surface area (Å²) in [6.45, 7) is 2.06. The summed E-state index contributed by atoms with van der Waals surface area (Å²) in [7, 11) is 0. The van der Waals surface area contributed by atoms with Gasteiger partial charge in [-0.15, -0.1) is 0 Å². The molecule has 5 heteroatoms. The van der Waals surface area contributed by atoms with Crippen molar-refractivity contribution in [1.82, 2.24) is 10.3 Å². The van der Waals surface area contributed by atoms with Crippen LogP contribution in [0.5, 0.6) is 0 Å². The monoisotopic (exact) mass is 260 g/mol. The number of carbonyl (C=O) groups is 1. The lowest BCUT2D eigenvalue weighted by atomic mass is 10.1. The molecule has 0 aliphatic rings. The van der Waals surface area contributed by atoms with Gasteiger partial charge in [-0.25, -0.2) is 0 Å². The summed E-state index contributed by atoms with van der Waals surface area (Å²) in [5.74, 6) is -0.256. The highest BCUT2D eigenvalue weighted by molar-refractivity contribution is 6.06. The number of benzene rings is 1. The molecule has 3 N–H and O–H groups in total. The number of hydrogen-bond donors (Lipinski definition) is 3. The maximum atomic E-state index is 12.0. The van der Waals surface area contributed by atoms with E-state index in [0.717, 1.165) is 0 Å². The van der Waals surface area contributed by atoms with Crippen LogP contribution in [0.15, 0.2) is 35.3 Å². The summed E-state index contributed by atoms with van der Waals surface area (Å²) in [4.78, 5) is 26.2. The molecule has 2 aromatic rings. The van der Waals surface area contributed by atoms with Gasteiger partial charge in [0.15, 0.2) is 0 Å². The minimum absolute atomic E-state index is 0.212. The number of H-pyrrole nitrogens is 1. The molecule has 1 heterocycles. The zero-order chi connectivity index (χ0) is 13.8. The van der Waals surface area contributed by atoms with Gasteiger partial charge < -0.3 is 15.4 Å². The molecule has 5 nitrogen and oxygen atoms in total. The van der Waals surface area contributed by atoms with Crippen molar-refractivity contribution in [1.29, 1.82) is 0 Å². The molecule has 0 bridgehead atoms. The van der Waals surface area contributed by atoms with E-state index in [4.69, 9.17) is 5.11 Å². The first-order valence-electron chi connectivity index (χ1n) is 6.16. The predicted octanol–water partition coefficient (Wildman–Crippen LogP) is 1.03. The highest BCUT2D eigenvalue weighted by Gasteiger charge is 2.11. The van der Waals surface area contributed by atoms with E-state index < -0.39 is 6.10 Å². The second-order valence-electron chi connectivity index (χ2n) is 4.47. The number of aliphatic hydroxyl groups excluding tert-OH is 1. The molecule has 100 valence electrons. The van der Waals surface area contributed by atoms with Crippen LogP contribution in [0.4, 0.5) is 0 Å². The quantitative estimate of drug-likeness (QED) is 0.768. The van der Waals surface area contributed by atoms with Crippen LogP contribution in [0.1, 0.15) is 23.7 Å². The molecule has 19 heavy (non-hydrogen) atoms. The van der Waals surface area contributed by atoms with Crippen molar-refractivity contribution in [2.45, 2.75) is 19.4 Å². The topological polar surface area (TPSA) is 82.2 Å². The molecule has 1 atom stereocenters. The zero-order valence-corrected chi connectivity index (χ0v) is 10.6. The molecule has 1 aromatic heterocycles. The van der Waals surface area contributed by atoms with Crippen molar-refractivity contribution < 1.29 is 9.90 Å². The lowest BCUT2D eigenvalue weighted by Crippen LogP contribution is -2.27. The van der Waals surface area contributed by atoms with Gasteiger partial charge in [-0.3, -0.25) is 9.59 Å². The Morgan fingerprint density at radius 2 is 2.05 bits per heavy atom. The van der Waals surface area contributed by atoms with Gasteiger partial charge in [0.2, 0.25) is 0 Å². The van der Waals surface area contributed by atoms with Gasteiger partial charge in [-0.2, -0.15) is 0 Å². The van der Waals surface area contributed by atoms with Gasteiger partial charge in [0.25, 0.3) is 11.5 Å². The fourth-order valence-corrected chi connectivity index (χ4v) is 1.89. The third-order valence-electron chi connectivity index (χ3n) is 2.90. The number of aromatic nitrogens is 1. The molecule has 0 unspecified atom stereocenters. The first kappa shape index (κ1) is 13.3. The lowest BCUT2D eigenvalue weighted by molar-refractivity contribution is 0.0947. The Kier molecular flexibility index (Phi) is 3.97. The number of fused-ring (bicyclic) bond motifs is 1. The van der Waals surface area contributed by atoms with E-state index in [1.807, 2.05) is 0 Å². The molecular weight excluding hydrogens is 244 g/mol. The number of aliphatic hydroxyl groups is 1. The summed E-state index contributed by atoms with van der Waals surface area (Å²) in [6, 6.07) is 6.97. The van der Waals surface area contributed by atoms with Crippen LogP contribution in [-0.2, 0) is 0 Å². The van der Waals surface area contributed by atoms with Gasteiger partial charge >= 0.3 is 0 Å². The van der Waals surface area contributed by atoms with Crippen molar-refractivity contribution in [2.24, 2.45) is 0 Å². The smallest absolute Gasteiger partial charge is 0.255 e. The minimum Gasteiger partial charge on any atom is -0.393 e. The lowest BCUT2D eigenvalue weighted by Gasteiger charge is -2.08. The summed E-state index contributed by atoms with van der Waals surface area (Å²) < 4.78 is 0. The SMILES string of the molecule is C[C@@H](O)CCNC(=O)c1c[nH]c(=O)c2ccccc12. The third kappa shape index (κ3) is 3.00. The second kappa shape index (κ2) is 5.67. The average Bonchev–Trinajstić information content (AvgIpc) is 2.39. The molecule has 0 aliphatic carbocycles. The van der Waals surface area contributed by atoms with Crippen molar-refractivity contribution in [3.63, 3.8) is 0 Å². The van der Waals surface area contributed by atoms with E-state index in [1.54, 1.807) is 31.2 Å². The van der Waals surface area contributed by atoms with Gasteiger partial charge in [-0.05, 0) is 19.4 Å². The van der Waals surface area contributed by atoms with Gasteiger partial charge in [0.1, 0.15) is 0 Å². The molecule has 0 saturated heterocycles. The predicted molar refractivity (Wildman–Crippen MR) is 73.2 cm³/mol. The Hall–Kier alpha value is -2.14. The molecule has 2 rings (SSSR count). The van der Waals surface area contributed by atoms with Gasteiger partial charge in [-0.1, -0.05) is 18.2 Å². The number of amides is 1. The zero-order valence-electron chi connectivity index (χ0n) is 10.6. The minimum atomic E-state index is -0.451. The fraction of sp³-hybridized carbons (Fsp3) is 0.286. The maximum Gasteiger partial charge on any atom is 0.255 e. The van der Waals surface area contributed by atoms with E-state index in [9.17, 15) is 9.59 Å². The Bertz CT molecular complexity index is 646. The van der Waals surface area contributed by atoms with E-state index in [1.165, 1.54) is 6.20 Å². The number of nitrogens with one attached hydrogen (secondary N) is 2. The molecule has 0 spiro atoms.